The van der Waals surface area contributed by atoms with Gasteiger partial charge < -0.3 is 20.3 Å². The van der Waals surface area contributed by atoms with E-state index in [0.29, 0.717) is 5.11 Å². The highest BCUT2D eigenvalue weighted by Gasteiger charge is 2.23. The molecule has 0 aliphatic carbocycles. The molecule has 4 nitrogen and oxygen atoms in total. The first-order valence-corrected chi connectivity index (χ1v) is 9.20. The molecule has 0 bridgehead atoms. The number of rotatable bonds is 5. The van der Waals surface area contributed by atoms with Gasteiger partial charge in [-0.2, -0.15) is 0 Å². The number of morpholine rings is 1. The minimum absolute atomic E-state index is 0.185. The highest BCUT2D eigenvalue weighted by molar-refractivity contribution is 7.80. The molecule has 1 heterocycles. The summed E-state index contributed by atoms with van der Waals surface area (Å²) >= 11 is 5.39. The van der Waals surface area contributed by atoms with Crippen LogP contribution in [0.4, 0.5) is 5.69 Å². The molecule has 2 atom stereocenters. The summed E-state index contributed by atoms with van der Waals surface area (Å²) in [5.74, 6) is 0. The molecule has 25 heavy (non-hydrogen) atoms. The van der Waals surface area contributed by atoms with Crippen LogP contribution in [0.2, 0.25) is 0 Å². The first-order chi connectivity index (χ1) is 12.2. The second-order valence-corrected chi connectivity index (χ2v) is 6.97. The molecule has 2 aromatic rings. The van der Waals surface area contributed by atoms with Gasteiger partial charge in [0.25, 0.3) is 0 Å². The molecule has 132 valence electrons. The van der Waals surface area contributed by atoms with Crippen molar-refractivity contribution in [2.24, 2.45) is 0 Å². The molecule has 1 aliphatic rings. The Morgan fingerprint density at radius 1 is 1.16 bits per heavy atom. The lowest BCUT2D eigenvalue weighted by atomic mass is 10.2. The molecule has 3 rings (SSSR count). The summed E-state index contributed by atoms with van der Waals surface area (Å²) in [5, 5.41) is 7.14. The van der Waals surface area contributed by atoms with E-state index in [1.165, 1.54) is 11.1 Å². The Kier molecular flexibility index (Phi) is 6.39. The number of ether oxygens (including phenoxy) is 1. The minimum atomic E-state index is 0.185. The fourth-order valence-electron chi connectivity index (χ4n) is 3.05. The summed E-state index contributed by atoms with van der Waals surface area (Å²) < 4.78 is 5.89. The number of hydrogen-bond donors (Lipinski definition) is 3. The van der Waals surface area contributed by atoms with Crippen LogP contribution in [0.25, 0.3) is 0 Å². The van der Waals surface area contributed by atoms with Crippen molar-refractivity contribution in [3.63, 3.8) is 0 Å². The Bertz CT molecular complexity index is 675. The maximum Gasteiger partial charge on any atom is 0.170 e. The zero-order valence-electron chi connectivity index (χ0n) is 14.6. The van der Waals surface area contributed by atoms with Gasteiger partial charge in [0, 0.05) is 17.8 Å². The van der Waals surface area contributed by atoms with Crippen molar-refractivity contribution in [2.45, 2.75) is 19.6 Å². The molecule has 1 unspecified atom stereocenters. The third-order valence-corrected chi connectivity index (χ3v) is 4.67. The number of benzene rings is 2. The molecule has 0 aromatic heterocycles. The van der Waals surface area contributed by atoms with Gasteiger partial charge in [0.05, 0.1) is 6.61 Å². The quantitative estimate of drug-likeness (QED) is 0.714. The van der Waals surface area contributed by atoms with Gasteiger partial charge in [0.1, 0.15) is 25.7 Å². The number of hydrogen-bond acceptors (Lipinski definition) is 2. The van der Waals surface area contributed by atoms with Gasteiger partial charge in [-0.3, -0.25) is 0 Å². The predicted molar refractivity (Wildman–Crippen MR) is 106 cm³/mol. The second kappa shape index (κ2) is 8.94. The highest BCUT2D eigenvalue weighted by atomic mass is 32.1. The molecule has 5 heteroatoms. The molecule has 0 radical (unpaired) electrons. The van der Waals surface area contributed by atoms with E-state index < -0.39 is 0 Å². The standard InChI is InChI=1S/C20H25N3OS/c1-16-7-9-18(10-8-16)22-20(25)21-13-19-15-23(11-12-24-19)14-17-5-3-2-4-6-17/h2-10,19H,11-15H2,1H3,(H2,21,22,25)/p+1/t19-/m1/s1. The number of nitrogens with one attached hydrogen (secondary N) is 3. The van der Waals surface area contributed by atoms with Crippen molar-refractivity contribution in [2.75, 3.05) is 31.6 Å². The first kappa shape index (κ1) is 17.9. The molecule has 0 spiro atoms. The van der Waals surface area contributed by atoms with E-state index in [-0.39, 0.29) is 6.10 Å². The smallest absolute Gasteiger partial charge is 0.170 e. The zero-order chi connectivity index (χ0) is 17.5. The highest BCUT2D eigenvalue weighted by Crippen LogP contribution is 2.08. The summed E-state index contributed by atoms with van der Waals surface area (Å²) in [7, 11) is 0. The maximum absolute atomic E-state index is 5.89. The molecule has 1 aliphatic heterocycles. The molecular weight excluding hydrogens is 330 g/mol. The Balaban J connectivity index is 1.43. The van der Waals surface area contributed by atoms with Crippen LogP contribution in [0.3, 0.4) is 0 Å². The van der Waals surface area contributed by atoms with Crippen molar-refractivity contribution in [1.29, 1.82) is 0 Å². The van der Waals surface area contributed by atoms with Crippen molar-refractivity contribution < 1.29 is 9.64 Å². The fourth-order valence-corrected chi connectivity index (χ4v) is 3.25. The van der Waals surface area contributed by atoms with Crippen molar-refractivity contribution in [1.82, 2.24) is 5.32 Å². The van der Waals surface area contributed by atoms with Crippen LogP contribution in [-0.2, 0) is 11.3 Å². The molecule has 2 aromatic carbocycles. The van der Waals surface area contributed by atoms with Gasteiger partial charge in [-0.1, -0.05) is 48.0 Å². The van der Waals surface area contributed by atoms with Crippen molar-refractivity contribution in [3.05, 3.63) is 65.7 Å². The third kappa shape index (κ3) is 5.81. The monoisotopic (exact) mass is 356 g/mol. The van der Waals surface area contributed by atoms with Gasteiger partial charge in [0.2, 0.25) is 0 Å². The van der Waals surface area contributed by atoms with Gasteiger partial charge in [-0.25, -0.2) is 0 Å². The van der Waals surface area contributed by atoms with E-state index >= 15 is 0 Å². The molecule has 1 fully saturated rings. The Morgan fingerprint density at radius 2 is 1.92 bits per heavy atom. The zero-order valence-corrected chi connectivity index (χ0v) is 15.4. The minimum Gasteiger partial charge on any atom is -0.365 e. The van der Waals surface area contributed by atoms with Crippen LogP contribution in [0.5, 0.6) is 0 Å². The van der Waals surface area contributed by atoms with Crippen LogP contribution in [0.1, 0.15) is 11.1 Å². The lowest BCUT2D eigenvalue weighted by Crippen LogP contribution is -3.13. The molecule has 0 saturated carbocycles. The average molecular weight is 357 g/mol. The topological polar surface area (TPSA) is 37.7 Å². The van der Waals surface area contributed by atoms with E-state index in [4.69, 9.17) is 17.0 Å². The van der Waals surface area contributed by atoms with E-state index in [0.717, 1.165) is 38.5 Å². The lowest BCUT2D eigenvalue weighted by Gasteiger charge is -2.30. The van der Waals surface area contributed by atoms with Crippen molar-refractivity contribution in [3.8, 4) is 0 Å². The molecule has 3 N–H and O–H groups in total. The summed E-state index contributed by atoms with van der Waals surface area (Å²) in [6, 6.07) is 18.9. The summed E-state index contributed by atoms with van der Waals surface area (Å²) in [6.07, 6.45) is 0.185. The lowest BCUT2D eigenvalue weighted by molar-refractivity contribution is -0.925. The Labute approximate surface area is 155 Å². The number of aryl methyl sites for hydroxylation is 1. The van der Waals surface area contributed by atoms with Crippen LogP contribution >= 0.6 is 12.2 Å². The van der Waals surface area contributed by atoms with Crippen molar-refractivity contribution >= 4 is 23.0 Å². The van der Waals surface area contributed by atoms with E-state index in [1.807, 2.05) is 12.1 Å². The second-order valence-electron chi connectivity index (χ2n) is 6.56. The number of thiocarbonyl (C=S) groups is 1. The Morgan fingerprint density at radius 3 is 2.68 bits per heavy atom. The maximum atomic E-state index is 5.89. The molecule has 0 amide bonds. The van der Waals surface area contributed by atoms with E-state index in [1.54, 1.807) is 4.90 Å². The fraction of sp³-hybridized carbons (Fsp3) is 0.350. The van der Waals surface area contributed by atoms with Gasteiger partial charge in [-0.15, -0.1) is 0 Å². The van der Waals surface area contributed by atoms with Gasteiger partial charge in [-0.05, 0) is 31.3 Å². The molecular formula is C20H26N3OS+. The third-order valence-electron chi connectivity index (χ3n) is 4.42. The summed E-state index contributed by atoms with van der Waals surface area (Å²) in [5.41, 5.74) is 3.62. The number of anilines is 1. The van der Waals surface area contributed by atoms with Gasteiger partial charge >= 0.3 is 0 Å². The SMILES string of the molecule is Cc1ccc(NC(=S)NC[C@@H]2C[NH+](Cc3ccccc3)CCO2)cc1. The first-order valence-electron chi connectivity index (χ1n) is 8.79. The van der Waals surface area contributed by atoms with E-state index in [9.17, 15) is 0 Å². The van der Waals surface area contributed by atoms with Gasteiger partial charge in [0.15, 0.2) is 5.11 Å². The summed E-state index contributed by atoms with van der Waals surface area (Å²) in [4.78, 5) is 1.56. The van der Waals surface area contributed by atoms with E-state index in [2.05, 4.69) is 60.0 Å². The van der Waals surface area contributed by atoms with Crippen LogP contribution < -0.4 is 15.5 Å². The molecule has 1 saturated heterocycles. The average Bonchev–Trinajstić information content (AvgIpc) is 2.63. The summed E-state index contributed by atoms with van der Waals surface area (Å²) in [6.45, 7) is 6.70. The number of quaternary nitrogens is 1. The normalized spacial score (nSPS) is 20.0. The largest absolute Gasteiger partial charge is 0.365 e. The van der Waals surface area contributed by atoms with Crippen LogP contribution in [-0.4, -0.2) is 37.5 Å². The van der Waals surface area contributed by atoms with Crippen LogP contribution in [0.15, 0.2) is 54.6 Å². The predicted octanol–water partition coefficient (Wildman–Crippen LogP) is 1.77. The van der Waals surface area contributed by atoms with Crippen LogP contribution in [0, 0.1) is 6.92 Å². The Hall–Kier alpha value is -1.95.